The SMILES string of the molecule is NC(N)=NCCCCC(=O)NC1=CC2Sc3cc(NC(=O)CCCCN=C(N)N)ccc3CC2C=C1. The maximum atomic E-state index is 12.3. The first kappa shape index (κ1) is 27.1. The van der Waals surface area contributed by atoms with E-state index in [0.29, 0.717) is 38.3 Å². The van der Waals surface area contributed by atoms with Gasteiger partial charge in [0, 0.05) is 47.5 Å². The van der Waals surface area contributed by atoms with Gasteiger partial charge in [0.1, 0.15) is 0 Å². The Labute approximate surface area is 216 Å². The molecule has 3 rings (SSSR count). The standard InChI is InChI=1S/C25H36N8O2S/c26-24(27)30-11-3-1-5-22(34)32-18-9-7-16-13-17-8-10-19(15-21(17)36-20(16)14-18)33-23(35)6-2-4-12-31-25(28)29/h7-10,14-16,20H,1-6,11-13H2,(H,32,34)(H,33,35)(H4,26,27,30)(H4,28,29,31). The summed E-state index contributed by atoms with van der Waals surface area (Å²) in [6.45, 7) is 1.05. The van der Waals surface area contributed by atoms with Gasteiger partial charge in [-0.15, -0.1) is 11.8 Å². The lowest BCUT2D eigenvalue weighted by atomic mass is 9.91. The number of guanidine groups is 2. The summed E-state index contributed by atoms with van der Waals surface area (Å²) >= 11 is 1.76. The number of fused-ring (bicyclic) bond motifs is 2. The molecule has 2 unspecified atom stereocenters. The Kier molecular flexibility index (Phi) is 10.2. The molecule has 2 aliphatic rings. The maximum Gasteiger partial charge on any atom is 0.224 e. The molecular weight excluding hydrogens is 476 g/mol. The van der Waals surface area contributed by atoms with E-state index in [4.69, 9.17) is 22.9 Å². The zero-order valence-electron chi connectivity index (χ0n) is 20.4. The van der Waals surface area contributed by atoms with Gasteiger partial charge in [0.15, 0.2) is 11.9 Å². The first-order valence-corrected chi connectivity index (χ1v) is 13.1. The number of nitrogens with one attached hydrogen (secondary N) is 2. The van der Waals surface area contributed by atoms with E-state index in [1.807, 2.05) is 18.2 Å². The molecule has 0 aromatic heterocycles. The van der Waals surface area contributed by atoms with E-state index in [1.165, 1.54) is 5.56 Å². The predicted molar refractivity (Wildman–Crippen MR) is 146 cm³/mol. The minimum Gasteiger partial charge on any atom is -0.370 e. The molecule has 10 N–H and O–H groups in total. The van der Waals surface area contributed by atoms with E-state index >= 15 is 0 Å². The van der Waals surface area contributed by atoms with Gasteiger partial charge in [-0.05, 0) is 67.9 Å². The van der Waals surface area contributed by atoms with Crippen LogP contribution in [-0.4, -0.2) is 42.1 Å². The van der Waals surface area contributed by atoms with Crippen molar-refractivity contribution in [1.29, 1.82) is 0 Å². The Morgan fingerprint density at radius 2 is 1.56 bits per heavy atom. The van der Waals surface area contributed by atoms with Gasteiger partial charge in [0.05, 0.1) is 0 Å². The number of thioether (sulfide) groups is 1. The van der Waals surface area contributed by atoms with E-state index < -0.39 is 0 Å². The number of amides is 2. The summed E-state index contributed by atoms with van der Waals surface area (Å²) in [4.78, 5) is 33.6. The molecule has 2 atom stereocenters. The van der Waals surface area contributed by atoms with Crippen molar-refractivity contribution in [3.05, 3.63) is 47.7 Å². The lowest BCUT2D eigenvalue weighted by molar-refractivity contribution is -0.120. The lowest BCUT2D eigenvalue weighted by Gasteiger charge is -2.32. The average Bonchev–Trinajstić information content (AvgIpc) is 2.82. The number of rotatable bonds is 12. The highest BCUT2D eigenvalue weighted by molar-refractivity contribution is 8.00. The van der Waals surface area contributed by atoms with Gasteiger partial charge in [-0.2, -0.15) is 0 Å². The zero-order valence-corrected chi connectivity index (χ0v) is 21.2. The molecule has 11 heteroatoms. The third-order valence-electron chi connectivity index (χ3n) is 5.85. The Balaban J connectivity index is 1.49. The molecule has 1 aliphatic heterocycles. The highest BCUT2D eigenvalue weighted by Gasteiger charge is 2.29. The fraction of sp³-hybridized carbons (Fsp3) is 0.440. The van der Waals surface area contributed by atoms with E-state index in [-0.39, 0.29) is 29.0 Å². The van der Waals surface area contributed by atoms with Crippen molar-refractivity contribution in [2.24, 2.45) is 38.8 Å². The van der Waals surface area contributed by atoms with Crippen LogP contribution in [0.5, 0.6) is 0 Å². The van der Waals surface area contributed by atoms with Gasteiger partial charge in [-0.3, -0.25) is 19.6 Å². The van der Waals surface area contributed by atoms with E-state index in [0.717, 1.165) is 42.0 Å². The van der Waals surface area contributed by atoms with Crippen LogP contribution in [0.1, 0.15) is 44.1 Å². The summed E-state index contributed by atoms with van der Waals surface area (Å²) in [6, 6.07) is 6.08. The molecule has 1 aromatic rings. The van der Waals surface area contributed by atoms with Crippen molar-refractivity contribution >= 4 is 41.2 Å². The number of carbonyl (C=O) groups excluding carboxylic acids is 2. The molecular formula is C25H36N8O2S. The number of allylic oxidation sites excluding steroid dienone is 2. The molecule has 0 spiro atoms. The lowest BCUT2D eigenvalue weighted by Crippen LogP contribution is -2.28. The average molecular weight is 513 g/mol. The quantitative estimate of drug-likeness (QED) is 0.140. The summed E-state index contributed by atoms with van der Waals surface area (Å²) in [5.41, 5.74) is 24.1. The second kappa shape index (κ2) is 13.6. The molecule has 1 heterocycles. The van der Waals surface area contributed by atoms with Crippen LogP contribution in [0.4, 0.5) is 5.69 Å². The van der Waals surface area contributed by atoms with Gasteiger partial charge < -0.3 is 33.6 Å². The van der Waals surface area contributed by atoms with Crippen LogP contribution in [0.3, 0.4) is 0 Å². The van der Waals surface area contributed by atoms with Crippen LogP contribution in [-0.2, 0) is 16.0 Å². The summed E-state index contributed by atoms with van der Waals surface area (Å²) in [5.74, 6) is 0.472. The van der Waals surface area contributed by atoms with Gasteiger partial charge in [0.2, 0.25) is 11.8 Å². The summed E-state index contributed by atoms with van der Waals surface area (Å²) in [6.07, 6.45) is 11.0. The summed E-state index contributed by atoms with van der Waals surface area (Å²) in [7, 11) is 0. The molecule has 0 bridgehead atoms. The first-order chi connectivity index (χ1) is 17.3. The number of nitrogens with zero attached hydrogens (tertiary/aromatic N) is 2. The zero-order chi connectivity index (χ0) is 25.9. The van der Waals surface area contributed by atoms with Gasteiger partial charge in [-0.25, -0.2) is 0 Å². The molecule has 0 fully saturated rings. The van der Waals surface area contributed by atoms with Crippen molar-refractivity contribution < 1.29 is 9.59 Å². The van der Waals surface area contributed by atoms with Crippen LogP contribution in [0.2, 0.25) is 0 Å². The van der Waals surface area contributed by atoms with Crippen LogP contribution in [0.15, 0.2) is 57.0 Å². The number of benzene rings is 1. The fourth-order valence-corrected chi connectivity index (χ4v) is 5.42. The number of aliphatic imine (C=N–C) groups is 2. The number of hydrogen-bond acceptors (Lipinski definition) is 5. The van der Waals surface area contributed by atoms with E-state index in [2.05, 4.69) is 38.8 Å². The third kappa shape index (κ3) is 8.95. The molecule has 1 aliphatic carbocycles. The summed E-state index contributed by atoms with van der Waals surface area (Å²) in [5, 5.41) is 6.22. The predicted octanol–water partition coefficient (Wildman–Crippen LogP) is 1.72. The van der Waals surface area contributed by atoms with Crippen LogP contribution in [0, 0.1) is 5.92 Å². The highest BCUT2D eigenvalue weighted by Crippen LogP contribution is 2.42. The largest absolute Gasteiger partial charge is 0.370 e. The number of nitrogens with two attached hydrogens (primary N) is 4. The minimum absolute atomic E-state index is 0.0152. The molecule has 0 radical (unpaired) electrons. The molecule has 2 amide bonds. The molecule has 36 heavy (non-hydrogen) atoms. The van der Waals surface area contributed by atoms with Crippen LogP contribution < -0.4 is 33.6 Å². The Morgan fingerprint density at radius 3 is 2.19 bits per heavy atom. The molecule has 0 saturated heterocycles. The molecule has 0 saturated carbocycles. The van der Waals surface area contributed by atoms with Crippen molar-refractivity contribution in [3.63, 3.8) is 0 Å². The Hall–Kier alpha value is -3.47. The van der Waals surface area contributed by atoms with Gasteiger partial charge in [0.25, 0.3) is 0 Å². The van der Waals surface area contributed by atoms with Crippen molar-refractivity contribution in [2.75, 3.05) is 18.4 Å². The van der Waals surface area contributed by atoms with Gasteiger partial charge in [-0.1, -0.05) is 12.1 Å². The maximum absolute atomic E-state index is 12.3. The monoisotopic (exact) mass is 512 g/mol. The molecule has 10 nitrogen and oxygen atoms in total. The highest BCUT2D eigenvalue weighted by atomic mass is 32.2. The van der Waals surface area contributed by atoms with E-state index in [9.17, 15) is 9.59 Å². The molecule has 1 aromatic carbocycles. The van der Waals surface area contributed by atoms with Crippen LogP contribution in [0.25, 0.3) is 0 Å². The fourth-order valence-electron chi connectivity index (χ4n) is 4.05. The Morgan fingerprint density at radius 1 is 0.917 bits per heavy atom. The van der Waals surface area contributed by atoms with E-state index in [1.54, 1.807) is 11.8 Å². The van der Waals surface area contributed by atoms with Crippen LogP contribution >= 0.6 is 11.8 Å². The number of carbonyl (C=O) groups is 2. The normalized spacial score (nSPS) is 17.7. The number of hydrogen-bond donors (Lipinski definition) is 6. The van der Waals surface area contributed by atoms with Crippen molar-refractivity contribution in [3.8, 4) is 0 Å². The minimum atomic E-state index is -0.0258. The topological polar surface area (TPSA) is 187 Å². The second-order valence-electron chi connectivity index (χ2n) is 8.88. The number of unbranched alkanes of at least 4 members (excludes halogenated alkanes) is 2. The summed E-state index contributed by atoms with van der Waals surface area (Å²) < 4.78 is 0. The Bertz CT molecular complexity index is 1060. The van der Waals surface area contributed by atoms with Crippen molar-refractivity contribution in [2.45, 2.75) is 55.1 Å². The second-order valence-corrected chi connectivity index (χ2v) is 10.1. The van der Waals surface area contributed by atoms with Gasteiger partial charge >= 0.3 is 0 Å². The first-order valence-electron chi connectivity index (χ1n) is 12.2. The smallest absolute Gasteiger partial charge is 0.224 e. The molecule has 194 valence electrons. The third-order valence-corrected chi connectivity index (χ3v) is 7.25. The van der Waals surface area contributed by atoms with Crippen molar-refractivity contribution in [1.82, 2.24) is 5.32 Å². The number of anilines is 1.